The number of terminal acetylenes is 1. The van der Waals surface area contributed by atoms with Crippen molar-refractivity contribution in [2.45, 2.75) is 64.9 Å². The number of aromatic nitrogens is 4. The van der Waals surface area contributed by atoms with Crippen molar-refractivity contribution in [1.29, 1.82) is 0 Å². The molecule has 2 aromatic heterocycles. The molecule has 3 aromatic rings. The molecule has 3 rings (SSSR count). The van der Waals surface area contributed by atoms with Crippen molar-refractivity contribution in [2.75, 3.05) is 38.0 Å². The fraction of sp³-hybridized carbons (Fsp3) is 0.484. The molecule has 0 bridgehead atoms. The molecule has 0 saturated carbocycles. The third-order valence-corrected chi connectivity index (χ3v) is 6.72. The number of anilines is 2. The van der Waals surface area contributed by atoms with Gasteiger partial charge in [0.15, 0.2) is 17.0 Å². The van der Waals surface area contributed by atoms with E-state index >= 15 is 0 Å². The number of amides is 1. The summed E-state index contributed by atoms with van der Waals surface area (Å²) in [4.78, 5) is 51.9. The second-order valence-corrected chi connectivity index (χ2v) is 11.4. The summed E-state index contributed by atoms with van der Waals surface area (Å²) in [6.45, 7) is 8.18. The summed E-state index contributed by atoms with van der Waals surface area (Å²) in [5.41, 5.74) is 4.51. The number of nitrogens with zero attached hydrogens (tertiary/aromatic N) is 4. The van der Waals surface area contributed by atoms with Gasteiger partial charge in [-0.3, -0.25) is 5.32 Å². The number of carbonyl (C=O) groups excluding carboxylic acids is 3. The summed E-state index contributed by atoms with van der Waals surface area (Å²) in [5.74, 6) is 0.182. The summed E-state index contributed by atoms with van der Waals surface area (Å²) in [7, 11) is 1.42. The Kier molecular flexibility index (Phi) is 12.3. The SMILES string of the molecule is C#CC(Cn1cnc2c(NC(=O)OC(C)(C)C)nc(Cl)nc21)C(COC(Cc1ccc(N)cc1)(C(=O)OCC)C(=O)OCC)OC. The van der Waals surface area contributed by atoms with Crippen LogP contribution >= 0.6 is 11.6 Å². The van der Waals surface area contributed by atoms with Gasteiger partial charge in [-0.1, -0.05) is 18.1 Å². The first-order valence-corrected chi connectivity index (χ1v) is 14.8. The lowest BCUT2D eigenvalue weighted by molar-refractivity contribution is -0.195. The molecule has 2 atom stereocenters. The highest BCUT2D eigenvalue weighted by molar-refractivity contribution is 6.28. The van der Waals surface area contributed by atoms with Gasteiger partial charge in [0, 0.05) is 25.8 Å². The highest BCUT2D eigenvalue weighted by Gasteiger charge is 2.51. The van der Waals surface area contributed by atoms with Crippen LogP contribution in [0.1, 0.15) is 40.2 Å². The number of hydrogen-bond acceptors (Lipinski definition) is 12. The number of rotatable bonds is 14. The molecule has 2 heterocycles. The van der Waals surface area contributed by atoms with E-state index in [1.165, 1.54) is 13.4 Å². The molecule has 14 nitrogen and oxygen atoms in total. The lowest BCUT2D eigenvalue weighted by Crippen LogP contribution is -2.54. The molecule has 0 aliphatic rings. The number of halogens is 1. The van der Waals surface area contributed by atoms with Crippen LogP contribution in [0, 0.1) is 18.3 Å². The third-order valence-electron chi connectivity index (χ3n) is 6.55. The van der Waals surface area contributed by atoms with Gasteiger partial charge in [0.2, 0.25) is 5.28 Å². The summed E-state index contributed by atoms with van der Waals surface area (Å²) >= 11 is 6.18. The van der Waals surface area contributed by atoms with E-state index in [1.807, 2.05) is 0 Å². The number of benzene rings is 1. The maximum Gasteiger partial charge on any atom is 0.413 e. The smallest absolute Gasteiger partial charge is 0.413 e. The molecule has 248 valence electrons. The molecule has 0 aliphatic carbocycles. The van der Waals surface area contributed by atoms with E-state index in [1.54, 1.807) is 63.5 Å². The van der Waals surface area contributed by atoms with Crippen molar-refractivity contribution in [2.24, 2.45) is 5.92 Å². The molecular formula is C31H39ClN6O8. The van der Waals surface area contributed by atoms with Gasteiger partial charge in [-0.05, 0) is 63.9 Å². The summed E-state index contributed by atoms with van der Waals surface area (Å²) in [5, 5.41) is 2.39. The first kappa shape index (κ1) is 36.0. The van der Waals surface area contributed by atoms with Crippen molar-refractivity contribution in [3.63, 3.8) is 0 Å². The predicted molar refractivity (Wildman–Crippen MR) is 170 cm³/mol. The normalized spacial score (nSPS) is 13.0. The molecule has 0 spiro atoms. The first-order chi connectivity index (χ1) is 21.8. The van der Waals surface area contributed by atoms with E-state index in [0.29, 0.717) is 11.3 Å². The van der Waals surface area contributed by atoms with E-state index < -0.39 is 41.3 Å². The zero-order valence-corrected chi connectivity index (χ0v) is 27.4. The lowest BCUT2D eigenvalue weighted by Gasteiger charge is -2.32. The summed E-state index contributed by atoms with van der Waals surface area (Å²) in [6, 6.07) is 6.63. The summed E-state index contributed by atoms with van der Waals surface area (Å²) in [6.07, 6.45) is 5.61. The Labute approximate surface area is 272 Å². The van der Waals surface area contributed by atoms with Crippen LogP contribution in [-0.4, -0.2) is 81.8 Å². The lowest BCUT2D eigenvalue weighted by atomic mass is 9.93. The van der Waals surface area contributed by atoms with Gasteiger partial charge >= 0.3 is 18.0 Å². The number of carbonyl (C=O) groups is 3. The van der Waals surface area contributed by atoms with Gasteiger partial charge < -0.3 is 34.0 Å². The molecule has 15 heteroatoms. The molecule has 0 radical (unpaired) electrons. The van der Waals surface area contributed by atoms with Crippen LogP contribution in [0.2, 0.25) is 5.28 Å². The fourth-order valence-corrected chi connectivity index (χ4v) is 4.58. The Balaban J connectivity index is 1.91. The minimum atomic E-state index is -2.16. The Morgan fingerprint density at radius 1 is 1.09 bits per heavy atom. The second kappa shape index (κ2) is 15.7. The van der Waals surface area contributed by atoms with Crippen LogP contribution in [0.25, 0.3) is 11.2 Å². The maximum atomic E-state index is 13.4. The third kappa shape index (κ3) is 9.06. The fourth-order valence-electron chi connectivity index (χ4n) is 4.42. The van der Waals surface area contributed by atoms with E-state index in [9.17, 15) is 14.4 Å². The number of nitrogens with two attached hydrogens (primary N) is 1. The number of methoxy groups -OCH3 is 1. The van der Waals surface area contributed by atoms with E-state index in [0.717, 1.165) is 0 Å². The van der Waals surface area contributed by atoms with Crippen molar-refractivity contribution < 1.29 is 38.1 Å². The Hall–Kier alpha value is -4.45. The average Bonchev–Trinajstić information content (AvgIpc) is 3.38. The van der Waals surface area contributed by atoms with Gasteiger partial charge in [0.05, 0.1) is 38.2 Å². The Bertz CT molecular complexity index is 1550. The van der Waals surface area contributed by atoms with Crippen LogP contribution < -0.4 is 11.1 Å². The van der Waals surface area contributed by atoms with Crippen molar-refractivity contribution in [3.05, 3.63) is 41.4 Å². The minimum Gasteiger partial charge on any atom is -0.463 e. The van der Waals surface area contributed by atoms with Crippen molar-refractivity contribution in [3.8, 4) is 12.3 Å². The molecule has 46 heavy (non-hydrogen) atoms. The second-order valence-electron chi connectivity index (χ2n) is 11.1. The number of nitrogen functional groups attached to an aromatic ring is 1. The van der Waals surface area contributed by atoms with Crippen molar-refractivity contribution >= 4 is 52.3 Å². The van der Waals surface area contributed by atoms with E-state index in [-0.39, 0.29) is 55.1 Å². The standard InChI is InChI=1S/C31H39ClN6O8/c1-8-20(16-38-18-34-23-24(35-28(32)37-25(23)38)36-29(41)46-30(4,5)6)22(42-7)17-45-31(26(39)43-9-2,27(40)44-10-3)15-19-11-13-21(33)14-12-19/h1,11-14,18,20,22H,9-10,15-17,33H2,2-7H3,(H,35,36,37,41). The van der Waals surface area contributed by atoms with Gasteiger partial charge in [-0.2, -0.15) is 9.97 Å². The average molecular weight is 659 g/mol. The summed E-state index contributed by atoms with van der Waals surface area (Å²) < 4.78 is 29.3. The topological polar surface area (TPSA) is 179 Å². The van der Waals surface area contributed by atoms with Gasteiger partial charge in [-0.15, -0.1) is 6.42 Å². The van der Waals surface area contributed by atoms with Crippen LogP contribution in [0.3, 0.4) is 0 Å². The molecule has 0 aliphatic heterocycles. The number of hydrogen-bond donors (Lipinski definition) is 2. The van der Waals surface area contributed by atoms with Crippen molar-refractivity contribution in [1.82, 2.24) is 19.5 Å². The number of esters is 2. The van der Waals surface area contributed by atoms with Gasteiger partial charge in [-0.25, -0.2) is 19.4 Å². The largest absolute Gasteiger partial charge is 0.463 e. The molecule has 1 aromatic carbocycles. The van der Waals surface area contributed by atoms with Crippen LogP contribution in [0.5, 0.6) is 0 Å². The molecule has 2 unspecified atom stereocenters. The monoisotopic (exact) mass is 658 g/mol. The van der Waals surface area contributed by atoms with E-state index in [4.69, 9.17) is 47.4 Å². The Morgan fingerprint density at radius 3 is 2.26 bits per heavy atom. The predicted octanol–water partition coefficient (Wildman–Crippen LogP) is 3.80. The first-order valence-electron chi connectivity index (χ1n) is 14.5. The molecule has 3 N–H and O–H groups in total. The highest BCUT2D eigenvalue weighted by Crippen LogP contribution is 2.27. The molecule has 1 amide bonds. The number of nitrogens with one attached hydrogen (secondary N) is 1. The van der Waals surface area contributed by atoms with Crippen LogP contribution in [-0.2, 0) is 46.2 Å². The van der Waals surface area contributed by atoms with Crippen LogP contribution in [0.4, 0.5) is 16.3 Å². The van der Waals surface area contributed by atoms with Gasteiger partial charge in [0.25, 0.3) is 5.60 Å². The maximum absolute atomic E-state index is 13.4. The zero-order valence-electron chi connectivity index (χ0n) is 26.7. The quantitative estimate of drug-likeness (QED) is 0.0640. The zero-order chi connectivity index (χ0) is 34.1. The van der Waals surface area contributed by atoms with Gasteiger partial charge in [0.1, 0.15) is 5.60 Å². The molecule has 0 fully saturated rings. The molecular weight excluding hydrogens is 620 g/mol. The van der Waals surface area contributed by atoms with E-state index in [2.05, 4.69) is 26.2 Å². The minimum absolute atomic E-state index is 0.00529. The molecule has 0 saturated heterocycles. The van der Waals surface area contributed by atoms with Crippen LogP contribution in [0.15, 0.2) is 30.6 Å². The highest BCUT2D eigenvalue weighted by atomic mass is 35.5. The number of ether oxygens (including phenoxy) is 5. The number of imidazole rings is 1. The number of fused-ring (bicyclic) bond motifs is 1. The Morgan fingerprint density at radius 2 is 1.72 bits per heavy atom.